The van der Waals surface area contributed by atoms with Crippen LogP contribution in [0.4, 0.5) is 11.4 Å². The number of fused-ring (bicyclic) bond motifs is 1. The van der Waals surface area contributed by atoms with Gasteiger partial charge in [-0.1, -0.05) is 25.1 Å². The smallest absolute Gasteiger partial charge is 0.237 e. The molecular formula is C20H22N2O4S2. The van der Waals surface area contributed by atoms with Crippen molar-refractivity contribution in [3.8, 4) is 0 Å². The second-order valence-electron chi connectivity index (χ2n) is 6.89. The van der Waals surface area contributed by atoms with E-state index in [0.29, 0.717) is 11.4 Å². The Bertz CT molecular complexity index is 1030. The summed E-state index contributed by atoms with van der Waals surface area (Å²) >= 11 is 1.39. The number of nitrogens with one attached hydrogen (secondary N) is 2. The number of anilines is 2. The molecule has 2 atom stereocenters. The first-order valence-corrected chi connectivity index (χ1v) is 11.4. The Morgan fingerprint density at radius 2 is 1.96 bits per heavy atom. The summed E-state index contributed by atoms with van der Waals surface area (Å²) in [7, 11) is -3.69. The highest BCUT2D eigenvalue weighted by Crippen LogP contribution is 2.37. The van der Waals surface area contributed by atoms with Crippen LogP contribution in [0.1, 0.15) is 19.4 Å². The van der Waals surface area contributed by atoms with Gasteiger partial charge in [0.25, 0.3) is 0 Å². The maximum Gasteiger partial charge on any atom is 0.237 e. The number of aryl methyl sites for hydroxylation is 1. The number of para-hydroxylation sites is 1. The van der Waals surface area contributed by atoms with E-state index in [9.17, 15) is 18.0 Å². The van der Waals surface area contributed by atoms with Gasteiger partial charge in [-0.15, -0.1) is 11.8 Å². The normalized spacial score (nSPS) is 17.4. The third-order valence-electron chi connectivity index (χ3n) is 4.56. The van der Waals surface area contributed by atoms with Crippen LogP contribution in [0, 0.1) is 12.8 Å². The molecule has 0 saturated heterocycles. The van der Waals surface area contributed by atoms with Crippen LogP contribution in [0.3, 0.4) is 0 Å². The van der Waals surface area contributed by atoms with E-state index in [1.54, 1.807) is 26.0 Å². The van der Waals surface area contributed by atoms with Gasteiger partial charge in [0, 0.05) is 16.5 Å². The number of amides is 2. The van der Waals surface area contributed by atoms with Crippen molar-refractivity contribution >= 4 is 44.8 Å². The third kappa shape index (κ3) is 4.39. The molecule has 0 bridgehead atoms. The summed E-state index contributed by atoms with van der Waals surface area (Å²) < 4.78 is 25.6. The van der Waals surface area contributed by atoms with Gasteiger partial charge in [-0.3, -0.25) is 9.59 Å². The van der Waals surface area contributed by atoms with Crippen LogP contribution in [-0.2, 0) is 19.4 Å². The van der Waals surface area contributed by atoms with Crippen LogP contribution in [-0.4, -0.2) is 31.2 Å². The summed E-state index contributed by atoms with van der Waals surface area (Å²) in [6.07, 6.45) is 0. The van der Waals surface area contributed by atoms with Crippen LogP contribution >= 0.6 is 11.8 Å². The minimum atomic E-state index is -3.69. The van der Waals surface area contributed by atoms with E-state index in [1.165, 1.54) is 23.9 Å². The van der Waals surface area contributed by atoms with Crippen LogP contribution in [0.5, 0.6) is 0 Å². The molecule has 2 N–H and O–H groups in total. The SMILES string of the molecule is Cc1ccccc1NC(=O)C(C)CS(=O)(=O)c1ccc2c(c1)NC(=O)C(C)S2. The highest BCUT2D eigenvalue weighted by Gasteiger charge is 2.27. The van der Waals surface area contributed by atoms with Crippen molar-refractivity contribution in [1.29, 1.82) is 0 Å². The highest BCUT2D eigenvalue weighted by atomic mass is 32.2. The molecule has 6 nitrogen and oxygen atoms in total. The second-order valence-corrected chi connectivity index (χ2v) is 10.3. The Morgan fingerprint density at radius 1 is 1.25 bits per heavy atom. The summed E-state index contributed by atoms with van der Waals surface area (Å²) in [4.78, 5) is 25.2. The Kier molecular flexibility index (Phi) is 5.81. The van der Waals surface area contributed by atoms with E-state index in [-0.39, 0.29) is 27.7 Å². The second kappa shape index (κ2) is 7.97. The Morgan fingerprint density at radius 3 is 2.68 bits per heavy atom. The minimum Gasteiger partial charge on any atom is -0.326 e. The molecule has 28 heavy (non-hydrogen) atoms. The van der Waals surface area contributed by atoms with Crippen molar-refractivity contribution in [2.75, 3.05) is 16.4 Å². The number of thioether (sulfide) groups is 1. The fraction of sp³-hybridized carbons (Fsp3) is 0.300. The third-order valence-corrected chi connectivity index (χ3v) is 7.65. The average molecular weight is 419 g/mol. The van der Waals surface area contributed by atoms with Crippen LogP contribution in [0.15, 0.2) is 52.3 Å². The number of carbonyl (C=O) groups excluding carboxylic acids is 2. The van der Waals surface area contributed by atoms with E-state index in [1.807, 2.05) is 25.1 Å². The zero-order valence-corrected chi connectivity index (χ0v) is 17.5. The first-order valence-electron chi connectivity index (χ1n) is 8.88. The molecule has 0 aromatic heterocycles. The molecule has 0 radical (unpaired) electrons. The van der Waals surface area contributed by atoms with Crippen molar-refractivity contribution in [2.45, 2.75) is 35.8 Å². The van der Waals surface area contributed by atoms with Gasteiger partial charge < -0.3 is 10.6 Å². The summed E-state index contributed by atoms with van der Waals surface area (Å²) in [5.74, 6) is -1.56. The van der Waals surface area contributed by atoms with Gasteiger partial charge in [0.2, 0.25) is 11.8 Å². The lowest BCUT2D eigenvalue weighted by atomic mass is 10.1. The molecule has 1 aliphatic rings. The number of rotatable bonds is 5. The molecule has 3 rings (SSSR count). The van der Waals surface area contributed by atoms with E-state index in [2.05, 4.69) is 10.6 Å². The standard InChI is InChI=1S/C20H22N2O4S2/c1-12-6-4-5-7-16(12)21-19(23)13(2)11-28(25,26)15-8-9-18-17(10-15)22-20(24)14(3)27-18/h4-10,13-14H,11H2,1-3H3,(H,21,23)(H,22,24). The highest BCUT2D eigenvalue weighted by molar-refractivity contribution is 8.01. The molecule has 0 saturated carbocycles. The zero-order chi connectivity index (χ0) is 20.5. The number of carbonyl (C=O) groups is 2. The molecule has 1 aliphatic heterocycles. The number of hydrogen-bond donors (Lipinski definition) is 2. The quantitative estimate of drug-likeness (QED) is 0.776. The predicted octanol–water partition coefficient (Wildman–Crippen LogP) is 3.48. The Hall–Kier alpha value is -2.32. The molecule has 0 spiro atoms. The number of sulfone groups is 1. The summed E-state index contributed by atoms with van der Waals surface area (Å²) in [6.45, 7) is 5.25. The zero-order valence-electron chi connectivity index (χ0n) is 15.9. The predicted molar refractivity (Wildman–Crippen MR) is 111 cm³/mol. The minimum absolute atomic E-state index is 0.0947. The molecule has 2 aromatic carbocycles. The molecule has 2 unspecified atom stereocenters. The van der Waals surface area contributed by atoms with Gasteiger partial charge in [-0.25, -0.2) is 8.42 Å². The fourth-order valence-electron chi connectivity index (χ4n) is 2.85. The maximum absolute atomic E-state index is 12.8. The van der Waals surface area contributed by atoms with Crippen LogP contribution in [0.2, 0.25) is 0 Å². The molecule has 0 aliphatic carbocycles. The first-order chi connectivity index (χ1) is 13.2. The van der Waals surface area contributed by atoms with Crippen molar-refractivity contribution in [3.63, 3.8) is 0 Å². The van der Waals surface area contributed by atoms with Gasteiger partial charge in [-0.05, 0) is 43.7 Å². The van der Waals surface area contributed by atoms with E-state index >= 15 is 0 Å². The van der Waals surface area contributed by atoms with Crippen molar-refractivity contribution in [2.24, 2.45) is 5.92 Å². The lowest BCUT2D eigenvalue weighted by Gasteiger charge is -2.22. The van der Waals surface area contributed by atoms with Gasteiger partial charge in [0.1, 0.15) is 0 Å². The Labute approximate surface area is 169 Å². The van der Waals surface area contributed by atoms with Gasteiger partial charge in [-0.2, -0.15) is 0 Å². The van der Waals surface area contributed by atoms with Crippen LogP contribution < -0.4 is 10.6 Å². The van der Waals surface area contributed by atoms with Crippen molar-refractivity contribution in [1.82, 2.24) is 0 Å². The lowest BCUT2D eigenvalue weighted by molar-refractivity contribution is -0.119. The van der Waals surface area contributed by atoms with Gasteiger partial charge >= 0.3 is 0 Å². The van der Waals surface area contributed by atoms with Crippen LogP contribution in [0.25, 0.3) is 0 Å². The van der Waals surface area contributed by atoms with Gasteiger partial charge in [0.05, 0.1) is 21.6 Å². The van der Waals surface area contributed by atoms with E-state index < -0.39 is 15.8 Å². The maximum atomic E-state index is 12.8. The summed E-state index contributed by atoms with van der Waals surface area (Å²) in [6, 6.07) is 12.0. The molecule has 1 heterocycles. The lowest BCUT2D eigenvalue weighted by Crippen LogP contribution is -2.28. The molecule has 2 amide bonds. The summed E-state index contributed by atoms with van der Waals surface area (Å²) in [5, 5.41) is 5.29. The molecular weight excluding hydrogens is 396 g/mol. The number of hydrogen-bond acceptors (Lipinski definition) is 5. The van der Waals surface area contributed by atoms with Crippen molar-refractivity contribution < 1.29 is 18.0 Å². The topological polar surface area (TPSA) is 92.3 Å². The molecule has 148 valence electrons. The number of benzene rings is 2. The largest absolute Gasteiger partial charge is 0.326 e. The fourth-order valence-corrected chi connectivity index (χ4v) is 5.36. The monoisotopic (exact) mass is 418 g/mol. The van der Waals surface area contributed by atoms with E-state index in [0.717, 1.165) is 10.5 Å². The van der Waals surface area contributed by atoms with Gasteiger partial charge in [0.15, 0.2) is 9.84 Å². The first kappa shape index (κ1) is 20.4. The van der Waals surface area contributed by atoms with Crippen molar-refractivity contribution in [3.05, 3.63) is 48.0 Å². The Balaban J connectivity index is 1.74. The molecule has 2 aromatic rings. The summed E-state index contributed by atoms with van der Waals surface area (Å²) in [5.41, 5.74) is 2.06. The van der Waals surface area contributed by atoms with E-state index in [4.69, 9.17) is 0 Å². The molecule has 8 heteroatoms. The average Bonchev–Trinajstić information content (AvgIpc) is 2.63. The molecule has 0 fully saturated rings.